The summed E-state index contributed by atoms with van der Waals surface area (Å²) in [7, 11) is 0. The molecule has 0 heterocycles. The van der Waals surface area contributed by atoms with E-state index < -0.39 is 29.8 Å². The summed E-state index contributed by atoms with van der Waals surface area (Å²) in [5.41, 5.74) is 7.52. The van der Waals surface area contributed by atoms with Crippen molar-refractivity contribution in [1.82, 2.24) is 5.43 Å². The number of hydrazone groups is 1. The highest BCUT2D eigenvalue weighted by molar-refractivity contribution is 6.04. The number of Topliss-reactive ketones (excluding diaryl/α,β-unsaturated/α-hetero) is 2. The summed E-state index contributed by atoms with van der Waals surface area (Å²) < 4.78 is 12.5. The SMILES string of the molecule is CC(=O)[C@@H](C(=O)O[C@@H]1C[C@H](C)CC[C@@H]1C(C)C)[C@H](C)[C@@H](C(C)=O)/C(=N/NC(N)=O)O[C@@H]1C[C@@H](C)CC[C@H]1C(C)C. The molecule has 0 bridgehead atoms. The molecule has 2 saturated carbocycles. The van der Waals surface area contributed by atoms with Crippen molar-refractivity contribution in [2.75, 3.05) is 0 Å². The van der Waals surface area contributed by atoms with Crippen LogP contribution in [0.25, 0.3) is 0 Å². The molecule has 9 atom stereocenters. The molecule has 2 aliphatic rings. The van der Waals surface area contributed by atoms with Crippen LogP contribution in [0.15, 0.2) is 5.10 Å². The number of nitrogens with two attached hydrogens (primary N) is 1. The zero-order valence-corrected chi connectivity index (χ0v) is 26.1. The van der Waals surface area contributed by atoms with Gasteiger partial charge in [-0.1, -0.05) is 61.3 Å². The quantitative estimate of drug-likeness (QED) is 0.112. The van der Waals surface area contributed by atoms with Crippen molar-refractivity contribution in [3.63, 3.8) is 0 Å². The van der Waals surface area contributed by atoms with Gasteiger partial charge in [-0.2, -0.15) is 0 Å². The van der Waals surface area contributed by atoms with Crippen molar-refractivity contribution >= 4 is 29.5 Å². The van der Waals surface area contributed by atoms with Gasteiger partial charge in [-0.05, 0) is 81.0 Å². The molecule has 0 spiro atoms. The Labute approximate surface area is 240 Å². The minimum atomic E-state index is -1.19. The normalized spacial score (nSPS) is 29.8. The molecule has 0 aliphatic heterocycles. The number of hydrogen-bond donors (Lipinski definition) is 2. The highest BCUT2D eigenvalue weighted by Gasteiger charge is 2.44. The third kappa shape index (κ3) is 9.03. The van der Waals surface area contributed by atoms with Crippen LogP contribution >= 0.6 is 0 Å². The highest BCUT2D eigenvalue weighted by Crippen LogP contribution is 2.38. The summed E-state index contributed by atoms with van der Waals surface area (Å²) in [6, 6.07) is -0.901. The van der Waals surface area contributed by atoms with E-state index in [-0.39, 0.29) is 41.5 Å². The first-order chi connectivity index (χ1) is 18.6. The van der Waals surface area contributed by atoms with Crippen LogP contribution < -0.4 is 11.2 Å². The molecule has 2 amide bonds. The molecule has 3 N–H and O–H groups in total. The molecule has 0 saturated heterocycles. The summed E-state index contributed by atoms with van der Waals surface area (Å²) >= 11 is 0. The maximum atomic E-state index is 13.6. The Morgan fingerprint density at radius 3 is 1.60 bits per heavy atom. The van der Waals surface area contributed by atoms with Gasteiger partial charge in [0.05, 0.1) is 5.92 Å². The molecule has 40 heavy (non-hydrogen) atoms. The van der Waals surface area contributed by atoms with E-state index in [0.717, 1.165) is 38.5 Å². The number of ether oxygens (including phenoxy) is 2. The van der Waals surface area contributed by atoms with E-state index in [1.54, 1.807) is 6.92 Å². The van der Waals surface area contributed by atoms with Crippen LogP contribution in [0.3, 0.4) is 0 Å². The number of nitrogens with zero attached hydrogens (tertiary/aromatic N) is 1. The van der Waals surface area contributed by atoms with Crippen LogP contribution in [0.5, 0.6) is 0 Å². The van der Waals surface area contributed by atoms with Crippen LogP contribution in [-0.4, -0.2) is 41.7 Å². The first-order valence-corrected chi connectivity index (χ1v) is 15.1. The zero-order chi connectivity index (χ0) is 30.3. The molecule has 0 aromatic heterocycles. The van der Waals surface area contributed by atoms with E-state index >= 15 is 0 Å². The number of carbonyl (C=O) groups is 4. The smallest absolute Gasteiger partial charge is 0.332 e. The standard InChI is InChI=1S/C31H53N3O6/c1-16(2)23-12-10-18(5)14-25(23)39-29(33-34-31(32)38)27(21(8)35)20(7)28(22(9)36)30(37)40-26-15-19(6)11-13-24(26)17(3)4/h16-20,23-28H,10-15H2,1-9H3,(H3,32,34,38)/b33-29-/t18-,19+,20+,23-,24+,25+,26+,27-,28-/m0/s1. The van der Waals surface area contributed by atoms with E-state index in [0.29, 0.717) is 23.7 Å². The third-order valence-electron chi connectivity index (χ3n) is 9.19. The largest absolute Gasteiger partial charge is 0.476 e. The molecule has 2 rings (SSSR count). The first-order valence-electron chi connectivity index (χ1n) is 15.1. The van der Waals surface area contributed by atoms with E-state index in [1.165, 1.54) is 13.8 Å². The Bertz CT molecular complexity index is 932. The average molecular weight is 564 g/mol. The molecule has 0 unspecified atom stereocenters. The van der Waals surface area contributed by atoms with Crippen molar-refractivity contribution in [3.05, 3.63) is 0 Å². The van der Waals surface area contributed by atoms with Gasteiger partial charge in [-0.15, -0.1) is 5.10 Å². The lowest BCUT2D eigenvalue weighted by atomic mass is 9.74. The van der Waals surface area contributed by atoms with Crippen LogP contribution in [0.1, 0.15) is 101 Å². The lowest BCUT2D eigenvalue weighted by molar-refractivity contribution is -0.165. The average Bonchev–Trinajstić information content (AvgIpc) is 2.81. The van der Waals surface area contributed by atoms with Gasteiger partial charge in [0.15, 0.2) is 0 Å². The summed E-state index contributed by atoms with van der Waals surface area (Å²) in [5.74, 6) is -2.44. The van der Waals surface area contributed by atoms with Gasteiger partial charge in [0.2, 0.25) is 5.90 Å². The molecular weight excluding hydrogens is 510 g/mol. The predicted octanol–water partition coefficient (Wildman–Crippen LogP) is 5.50. The third-order valence-corrected chi connectivity index (χ3v) is 9.19. The monoisotopic (exact) mass is 563 g/mol. The van der Waals surface area contributed by atoms with E-state index in [4.69, 9.17) is 15.2 Å². The number of urea groups is 1. The Morgan fingerprint density at radius 1 is 0.750 bits per heavy atom. The molecule has 2 aliphatic carbocycles. The first kappa shape index (κ1) is 33.8. The number of hydrogen-bond acceptors (Lipinski definition) is 7. The number of esters is 1. The fraction of sp³-hybridized carbons (Fsp3) is 0.839. The second-order valence-electron chi connectivity index (χ2n) is 13.2. The Morgan fingerprint density at radius 2 is 1.20 bits per heavy atom. The lowest BCUT2D eigenvalue weighted by Crippen LogP contribution is -2.46. The Hall–Kier alpha value is -2.45. The maximum absolute atomic E-state index is 13.6. The van der Waals surface area contributed by atoms with Crippen LogP contribution in [-0.2, 0) is 23.9 Å². The molecule has 228 valence electrons. The molecule has 0 aromatic rings. The van der Waals surface area contributed by atoms with Crippen molar-refractivity contribution in [2.24, 2.45) is 64.1 Å². The molecule has 0 aromatic carbocycles. The van der Waals surface area contributed by atoms with Crippen molar-refractivity contribution in [2.45, 2.75) is 113 Å². The minimum absolute atomic E-state index is 0.0195. The van der Waals surface area contributed by atoms with Crippen molar-refractivity contribution in [3.8, 4) is 0 Å². The minimum Gasteiger partial charge on any atom is -0.476 e. The number of amides is 2. The van der Waals surface area contributed by atoms with Crippen LogP contribution in [0.2, 0.25) is 0 Å². The predicted molar refractivity (Wildman–Crippen MR) is 155 cm³/mol. The van der Waals surface area contributed by atoms with Crippen molar-refractivity contribution in [1.29, 1.82) is 0 Å². The van der Waals surface area contributed by atoms with Gasteiger partial charge in [0.25, 0.3) is 0 Å². The molecule has 9 heteroatoms. The topological polar surface area (TPSA) is 137 Å². The fourth-order valence-electron chi connectivity index (χ4n) is 6.87. The van der Waals surface area contributed by atoms with Crippen molar-refractivity contribution < 1.29 is 28.7 Å². The zero-order valence-electron chi connectivity index (χ0n) is 26.1. The lowest BCUT2D eigenvalue weighted by Gasteiger charge is -2.39. The van der Waals surface area contributed by atoms with Gasteiger partial charge < -0.3 is 15.2 Å². The molecule has 9 nitrogen and oxygen atoms in total. The maximum Gasteiger partial charge on any atom is 0.332 e. The molecule has 2 fully saturated rings. The number of primary amides is 1. The van der Waals surface area contributed by atoms with E-state index in [9.17, 15) is 19.2 Å². The number of nitrogens with one attached hydrogen (secondary N) is 1. The summed E-state index contributed by atoms with van der Waals surface area (Å²) in [6.07, 6.45) is 5.10. The molecule has 0 radical (unpaired) electrons. The molecular formula is C31H53N3O6. The van der Waals surface area contributed by atoms with E-state index in [2.05, 4.69) is 52.1 Å². The van der Waals surface area contributed by atoms with Gasteiger partial charge in [0, 0.05) is 0 Å². The van der Waals surface area contributed by atoms with Gasteiger partial charge >= 0.3 is 12.0 Å². The number of ketones is 2. The Kier molecular flexibility index (Phi) is 12.6. The number of rotatable bonds is 11. The number of carbonyl (C=O) groups excluding carboxylic acids is 4. The summed E-state index contributed by atoms with van der Waals surface area (Å²) in [4.78, 5) is 51.3. The van der Waals surface area contributed by atoms with Crippen LogP contribution in [0, 0.1) is 53.3 Å². The summed E-state index contributed by atoms with van der Waals surface area (Å²) in [5, 5.41) is 4.13. The Balaban J connectivity index is 2.41. The second-order valence-corrected chi connectivity index (χ2v) is 13.2. The highest BCUT2D eigenvalue weighted by atomic mass is 16.5. The summed E-state index contributed by atoms with van der Waals surface area (Å²) in [6.45, 7) is 17.2. The van der Waals surface area contributed by atoms with E-state index in [1.807, 2.05) is 0 Å². The van der Waals surface area contributed by atoms with Gasteiger partial charge in [0.1, 0.15) is 29.7 Å². The second kappa shape index (κ2) is 15.0. The fourth-order valence-corrected chi connectivity index (χ4v) is 6.87. The van der Waals surface area contributed by atoms with Gasteiger partial charge in [-0.25, -0.2) is 10.2 Å². The van der Waals surface area contributed by atoms with Crippen LogP contribution in [0.4, 0.5) is 4.79 Å². The van der Waals surface area contributed by atoms with Gasteiger partial charge in [-0.3, -0.25) is 14.4 Å².